The highest BCUT2D eigenvalue weighted by atomic mass is 32.1. The van der Waals surface area contributed by atoms with Crippen LogP contribution in [0.2, 0.25) is 0 Å². The van der Waals surface area contributed by atoms with Crippen LogP contribution < -0.4 is 10.8 Å². The molecule has 0 aliphatic carbocycles. The fourth-order valence-corrected chi connectivity index (χ4v) is 4.06. The molecule has 0 saturated heterocycles. The van der Waals surface area contributed by atoms with Crippen molar-refractivity contribution in [1.82, 2.24) is 25.1 Å². The Morgan fingerprint density at radius 2 is 2.07 bits per heavy atom. The second-order valence-corrected chi connectivity index (χ2v) is 7.58. The fraction of sp³-hybridized carbons (Fsp3) is 0.200. The molecule has 1 aromatic carbocycles. The minimum absolute atomic E-state index is 0.448. The average molecular weight is 395 g/mol. The number of benzene rings is 1. The van der Waals surface area contributed by atoms with Gasteiger partial charge in [-0.1, -0.05) is 18.2 Å². The number of hydroxylamine groups is 1. The monoisotopic (exact) mass is 395 g/mol. The lowest BCUT2D eigenvalue weighted by atomic mass is 10.2. The molecule has 3 N–H and O–H groups in total. The fourth-order valence-electron chi connectivity index (χ4n) is 3.20. The number of nitrogens with one attached hydrogen (secondary N) is 2. The van der Waals surface area contributed by atoms with E-state index in [2.05, 4.69) is 52.4 Å². The van der Waals surface area contributed by atoms with Crippen LogP contribution >= 0.6 is 11.3 Å². The van der Waals surface area contributed by atoms with Gasteiger partial charge < -0.3 is 9.88 Å². The third kappa shape index (κ3) is 3.70. The summed E-state index contributed by atoms with van der Waals surface area (Å²) in [6.07, 6.45) is 1.93. The van der Waals surface area contributed by atoms with Crippen LogP contribution in [0.4, 0.5) is 0 Å². The van der Waals surface area contributed by atoms with Crippen molar-refractivity contribution in [3.8, 4) is 10.6 Å². The summed E-state index contributed by atoms with van der Waals surface area (Å²) in [5.74, 6) is -0.506. The van der Waals surface area contributed by atoms with Gasteiger partial charge >= 0.3 is 0 Å². The number of aromatic nitrogens is 3. The molecule has 3 aromatic heterocycles. The maximum Gasteiger partial charge on any atom is 0.284 e. The summed E-state index contributed by atoms with van der Waals surface area (Å²) in [7, 11) is 2.09. The van der Waals surface area contributed by atoms with Crippen molar-refractivity contribution in [3.63, 3.8) is 0 Å². The molecule has 0 spiro atoms. The van der Waals surface area contributed by atoms with Crippen LogP contribution in [0.1, 0.15) is 15.4 Å². The summed E-state index contributed by atoms with van der Waals surface area (Å²) in [5, 5.41) is 18.0. The first-order chi connectivity index (χ1) is 13.7. The highest BCUT2D eigenvalue weighted by Gasteiger charge is 2.11. The number of thiophene rings is 1. The van der Waals surface area contributed by atoms with Gasteiger partial charge in [0.05, 0.1) is 16.3 Å². The standard InChI is InChI=1S/C20H21N5O2S/c1-24-15(12-14-4-2-3-5-17(14)24)13-21-9-11-25-10-8-16(22-25)18-6-7-19(28-18)20(26)23-27/h2-8,10,12,21,27H,9,11,13H2,1H3,(H,23,26). The molecule has 0 aliphatic rings. The Labute approximate surface area is 166 Å². The maximum atomic E-state index is 11.4. The average Bonchev–Trinajstić information content (AvgIpc) is 3.44. The first-order valence-electron chi connectivity index (χ1n) is 8.98. The van der Waals surface area contributed by atoms with E-state index in [9.17, 15) is 4.79 Å². The number of carbonyl (C=O) groups excluding carboxylic acids is 1. The first kappa shape index (κ1) is 18.4. The number of fused-ring (bicyclic) bond motifs is 1. The third-order valence-electron chi connectivity index (χ3n) is 4.70. The van der Waals surface area contributed by atoms with Crippen molar-refractivity contribution in [2.24, 2.45) is 7.05 Å². The van der Waals surface area contributed by atoms with E-state index in [1.807, 2.05) is 23.0 Å². The van der Waals surface area contributed by atoms with Crippen LogP contribution in [0.3, 0.4) is 0 Å². The van der Waals surface area contributed by atoms with Crippen LogP contribution in [0.5, 0.6) is 0 Å². The zero-order valence-electron chi connectivity index (χ0n) is 15.4. The van der Waals surface area contributed by atoms with Crippen LogP contribution in [-0.2, 0) is 20.1 Å². The van der Waals surface area contributed by atoms with Crippen LogP contribution in [-0.4, -0.2) is 32.0 Å². The van der Waals surface area contributed by atoms with Gasteiger partial charge in [0.25, 0.3) is 5.91 Å². The number of amides is 1. The largest absolute Gasteiger partial charge is 0.346 e. The van der Waals surface area contributed by atoms with Crippen LogP contribution in [0.15, 0.2) is 54.7 Å². The van der Waals surface area contributed by atoms with Crippen molar-refractivity contribution in [2.45, 2.75) is 13.1 Å². The Kier molecular flexibility index (Phi) is 5.25. The van der Waals surface area contributed by atoms with Gasteiger partial charge in [-0.3, -0.25) is 14.7 Å². The molecule has 3 heterocycles. The van der Waals surface area contributed by atoms with E-state index in [0.29, 0.717) is 4.88 Å². The molecule has 4 aromatic rings. The van der Waals surface area contributed by atoms with E-state index in [-0.39, 0.29) is 0 Å². The topological polar surface area (TPSA) is 84.1 Å². The summed E-state index contributed by atoms with van der Waals surface area (Å²) in [6.45, 7) is 2.34. The predicted octanol–water partition coefficient (Wildman–Crippen LogP) is 3.01. The SMILES string of the molecule is Cn1c(CNCCn2ccc(-c3ccc(C(=O)NO)s3)n2)cc2ccccc21. The van der Waals surface area contributed by atoms with Gasteiger partial charge in [-0.05, 0) is 35.7 Å². The van der Waals surface area contributed by atoms with Gasteiger partial charge in [0.2, 0.25) is 0 Å². The van der Waals surface area contributed by atoms with Crippen molar-refractivity contribution in [1.29, 1.82) is 0 Å². The van der Waals surface area contributed by atoms with E-state index in [0.717, 1.165) is 30.2 Å². The number of hydrogen-bond acceptors (Lipinski definition) is 5. The molecule has 4 rings (SSSR count). The van der Waals surface area contributed by atoms with Crippen molar-refractivity contribution >= 4 is 28.1 Å². The van der Waals surface area contributed by atoms with Crippen LogP contribution in [0.25, 0.3) is 21.5 Å². The Morgan fingerprint density at radius 3 is 2.89 bits per heavy atom. The lowest BCUT2D eigenvalue weighted by Crippen LogP contribution is -2.21. The lowest BCUT2D eigenvalue weighted by molar-refractivity contribution is 0.0711. The minimum Gasteiger partial charge on any atom is -0.346 e. The van der Waals surface area contributed by atoms with Gasteiger partial charge in [0.15, 0.2) is 0 Å². The number of rotatable bonds is 7. The van der Waals surface area contributed by atoms with Gasteiger partial charge in [-0.15, -0.1) is 11.3 Å². The third-order valence-corrected chi connectivity index (χ3v) is 5.81. The molecule has 0 saturated carbocycles. The molecule has 0 atom stereocenters. The molecule has 144 valence electrons. The summed E-state index contributed by atoms with van der Waals surface area (Å²) in [5.41, 5.74) is 4.95. The van der Waals surface area contributed by atoms with E-state index in [4.69, 9.17) is 5.21 Å². The Morgan fingerprint density at radius 1 is 1.21 bits per heavy atom. The normalized spacial score (nSPS) is 11.2. The van der Waals surface area contributed by atoms with Gasteiger partial charge in [-0.25, -0.2) is 5.48 Å². The second kappa shape index (κ2) is 7.97. The summed E-state index contributed by atoms with van der Waals surface area (Å²) < 4.78 is 4.10. The highest BCUT2D eigenvalue weighted by molar-refractivity contribution is 7.17. The molecule has 8 heteroatoms. The molecule has 0 fully saturated rings. The molecule has 28 heavy (non-hydrogen) atoms. The van der Waals surface area contributed by atoms with Gasteiger partial charge in [0, 0.05) is 37.5 Å². The van der Waals surface area contributed by atoms with Crippen molar-refractivity contribution in [2.75, 3.05) is 6.54 Å². The zero-order valence-corrected chi connectivity index (χ0v) is 16.2. The number of hydrogen-bond donors (Lipinski definition) is 3. The molecule has 0 radical (unpaired) electrons. The lowest BCUT2D eigenvalue weighted by Gasteiger charge is -2.07. The van der Waals surface area contributed by atoms with E-state index in [1.54, 1.807) is 11.5 Å². The van der Waals surface area contributed by atoms with E-state index in [1.165, 1.54) is 27.9 Å². The first-order valence-corrected chi connectivity index (χ1v) is 9.79. The number of para-hydroxylation sites is 1. The number of carbonyl (C=O) groups is 1. The molecule has 0 bridgehead atoms. The van der Waals surface area contributed by atoms with E-state index < -0.39 is 5.91 Å². The summed E-state index contributed by atoms with van der Waals surface area (Å²) in [4.78, 5) is 12.8. The molecule has 0 unspecified atom stereocenters. The molecular weight excluding hydrogens is 374 g/mol. The predicted molar refractivity (Wildman–Crippen MR) is 109 cm³/mol. The van der Waals surface area contributed by atoms with Gasteiger partial charge in [-0.2, -0.15) is 5.10 Å². The highest BCUT2D eigenvalue weighted by Crippen LogP contribution is 2.26. The summed E-state index contributed by atoms with van der Waals surface area (Å²) >= 11 is 1.29. The minimum atomic E-state index is -0.506. The quantitative estimate of drug-likeness (QED) is 0.255. The van der Waals surface area contributed by atoms with Crippen LogP contribution in [0, 0.1) is 0 Å². The zero-order chi connectivity index (χ0) is 19.5. The molecular formula is C20H21N5O2S. The molecule has 7 nitrogen and oxygen atoms in total. The van der Waals surface area contributed by atoms with Gasteiger partial charge in [0.1, 0.15) is 5.69 Å². The number of aryl methyl sites for hydroxylation is 1. The maximum absolute atomic E-state index is 11.4. The van der Waals surface area contributed by atoms with E-state index >= 15 is 0 Å². The summed E-state index contributed by atoms with van der Waals surface area (Å²) in [6, 6.07) is 16.0. The number of nitrogens with zero attached hydrogens (tertiary/aromatic N) is 3. The Balaban J connectivity index is 1.33. The Bertz CT molecular complexity index is 1110. The smallest absolute Gasteiger partial charge is 0.284 e. The Hall–Kier alpha value is -2.94. The van der Waals surface area contributed by atoms with Crippen molar-refractivity contribution in [3.05, 3.63) is 65.3 Å². The molecule has 0 aliphatic heterocycles. The second-order valence-electron chi connectivity index (χ2n) is 6.50. The van der Waals surface area contributed by atoms with Crippen molar-refractivity contribution < 1.29 is 10.0 Å². The molecule has 1 amide bonds.